The Morgan fingerprint density at radius 1 is 1.21 bits per heavy atom. The Kier molecular flexibility index (Phi) is 7.40. The highest BCUT2D eigenvalue weighted by atomic mass is 35.5. The van der Waals surface area contributed by atoms with Crippen molar-refractivity contribution in [2.45, 2.75) is 38.8 Å². The molecule has 8 nitrogen and oxygen atoms in total. The van der Waals surface area contributed by atoms with Crippen LogP contribution in [0.4, 0.5) is 4.79 Å². The molecule has 2 atom stereocenters. The summed E-state index contributed by atoms with van der Waals surface area (Å²) in [4.78, 5) is 44.3. The molecule has 34 heavy (non-hydrogen) atoms. The van der Waals surface area contributed by atoms with Crippen LogP contribution in [0.5, 0.6) is 0 Å². The first kappa shape index (κ1) is 24.8. The number of urea groups is 1. The minimum absolute atomic E-state index is 0.0504. The van der Waals surface area contributed by atoms with E-state index in [4.69, 9.17) is 27.9 Å². The number of hydrogen-bond acceptors (Lipinski definition) is 5. The zero-order valence-corrected chi connectivity index (χ0v) is 21.2. The molecular formula is C24H30Cl2N4O4. The van der Waals surface area contributed by atoms with E-state index in [2.05, 4.69) is 10.2 Å². The highest BCUT2D eigenvalue weighted by Gasteiger charge is 2.40. The number of nitrogens with zero attached hydrogens (tertiary/aromatic N) is 3. The minimum atomic E-state index is -0.792. The summed E-state index contributed by atoms with van der Waals surface area (Å²) < 4.78 is 5.39. The van der Waals surface area contributed by atoms with Gasteiger partial charge >= 0.3 is 12.0 Å². The number of esters is 1. The average molecular weight is 509 g/mol. The molecule has 1 aliphatic carbocycles. The number of benzene rings is 1. The highest BCUT2D eigenvalue weighted by Crippen LogP contribution is 2.38. The largest absolute Gasteiger partial charge is 0.463 e. The van der Waals surface area contributed by atoms with E-state index in [9.17, 15) is 14.4 Å². The second-order valence-corrected chi connectivity index (χ2v) is 9.84. The lowest BCUT2D eigenvalue weighted by molar-refractivity contribution is -0.139. The molecule has 0 aromatic heterocycles. The Morgan fingerprint density at radius 3 is 2.59 bits per heavy atom. The van der Waals surface area contributed by atoms with Crippen LogP contribution in [-0.4, -0.2) is 78.5 Å². The Morgan fingerprint density at radius 2 is 1.94 bits per heavy atom. The zero-order chi connectivity index (χ0) is 24.6. The van der Waals surface area contributed by atoms with Crippen molar-refractivity contribution in [2.75, 3.05) is 39.8 Å². The zero-order valence-electron chi connectivity index (χ0n) is 19.6. The Balaban J connectivity index is 1.66. The first-order valence-electron chi connectivity index (χ1n) is 11.6. The fourth-order valence-electron chi connectivity index (χ4n) is 4.66. The Bertz CT molecular complexity index is 1030. The van der Waals surface area contributed by atoms with E-state index < -0.39 is 12.0 Å². The maximum absolute atomic E-state index is 13.2. The van der Waals surface area contributed by atoms with Crippen LogP contribution in [0.2, 0.25) is 10.0 Å². The van der Waals surface area contributed by atoms with Crippen molar-refractivity contribution in [3.63, 3.8) is 0 Å². The second-order valence-electron chi connectivity index (χ2n) is 9.06. The first-order chi connectivity index (χ1) is 16.2. The van der Waals surface area contributed by atoms with E-state index in [0.29, 0.717) is 48.0 Å². The Labute approximate surface area is 209 Å². The van der Waals surface area contributed by atoms with Gasteiger partial charge in [-0.15, -0.1) is 0 Å². The molecule has 2 heterocycles. The standard InChI is InChI=1S/C24H30Cl2N4O4/c1-4-34-23(32)19-18(13-29-10-11-30(14(2)12-29)22(31)15-8-9-15)28(3)24(33)27-21(19)16-6-5-7-17(25)20(16)26/h5-7,14-15,21H,4,8-13H2,1-3H3,(H,27,33)/t14-,21-/m0/s1. The van der Waals surface area contributed by atoms with E-state index in [-0.39, 0.29) is 35.5 Å². The topological polar surface area (TPSA) is 82.2 Å². The molecule has 1 saturated carbocycles. The van der Waals surface area contributed by atoms with Crippen LogP contribution < -0.4 is 5.32 Å². The number of carbonyl (C=O) groups excluding carboxylic acids is 3. The molecule has 184 valence electrons. The monoisotopic (exact) mass is 508 g/mol. The lowest BCUT2D eigenvalue weighted by Gasteiger charge is -2.42. The minimum Gasteiger partial charge on any atom is -0.463 e. The lowest BCUT2D eigenvalue weighted by Crippen LogP contribution is -2.56. The number of piperazine rings is 1. The van der Waals surface area contributed by atoms with Gasteiger partial charge in [0.15, 0.2) is 0 Å². The molecule has 0 unspecified atom stereocenters. The van der Waals surface area contributed by atoms with Crippen molar-refractivity contribution >= 4 is 41.1 Å². The third-order valence-corrected chi connectivity index (χ3v) is 7.49. The summed E-state index contributed by atoms with van der Waals surface area (Å²) in [6.07, 6.45) is 1.96. The fraction of sp³-hybridized carbons (Fsp3) is 0.542. The van der Waals surface area contributed by atoms with Crippen LogP contribution in [0.15, 0.2) is 29.5 Å². The van der Waals surface area contributed by atoms with Crippen LogP contribution in [0.25, 0.3) is 0 Å². The number of nitrogens with one attached hydrogen (secondary N) is 1. The molecule has 3 amide bonds. The van der Waals surface area contributed by atoms with E-state index in [1.807, 2.05) is 11.8 Å². The maximum Gasteiger partial charge on any atom is 0.338 e. The van der Waals surface area contributed by atoms with Crippen molar-refractivity contribution in [3.05, 3.63) is 45.1 Å². The second kappa shape index (κ2) is 10.1. The van der Waals surface area contributed by atoms with Crippen molar-refractivity contribution in [1.29, 1.82) is 0 Å². The van der Waals surface area contributed by atoms with Crippen LogP contribution >= 0.6 is 23.2 Å². The number of hydrogen-bond donors (Lipinski definition) is 1. The summed E-state index contributed by atoms with van der Waals surface area (Å²) in [6.45, 7) is 6.26. The van der Waals surface area contributed by atoms with Gasteiger partial charge < -0.3 is 15.0 Å². The summed E-state index contributed by atoms with van der Waals surface area (Å²) in [5.74, 6) is -0.0899. The molecule has 3 aliphatic rings. The van der Waals surface area contributed by atoms with Gasteiger partial charge in [-0.05, 0) is 38.3 Å². The Hall–Kier alpha value is -2.29. The molecule has 0 radical (unpaired) electrons. The van der Waals surface area contributed by atoms with Gasteiger partial charge in [-0.3, -0.25) is 14.6 Å². The van der Waals surface area contributed by atoms with Gasteiger partial charge in [-0.1, -0.05) is 35.3 Å². The molecule has 0 bridgehead atoms. The average Bonchev–Trinajstić information content (AvgIpc) is 3.64. The molecule has 0 spiro atoms. The van der Waals surface area contributed by atoms with Gasteiger partial charge in [0.2, 0.25) is 5.91 Å². The number of carbonyl (C=O) groups is 3. The predicted octanol–water partition coefficient (Wildman–Crippen LogP) is 3.45. The molecule has 1 aromatic carbocycles. The molecule has 1 saturated heterocycles. The smallest absolute Gasteiger partial charge is 0.338 e. The number of rotatable bonds is 6. The van der Waals surface area contributed by atoms with Gasteiger partial charge in [-0.25, -0.2) is 9.59 Å². The SMILES string of the molecule is CCOC(=O)C1=C(CN2CCN(C(=O)C3CC3)[C@@H](C)C2)N(C)C(=O)N[C@H]1c1cccc(Cl)c1Cl. The number of likely N-dealkylation sites (N-methyl/N-ethyl adjacent to an activating group) is 1. The molecule has 2 fully saturated rings. The van der Waals surface area contributed by atoms with Crippen LogP contribution in [-0.2, 0) is 14.3 Å². The van der Waals surface area contributed by atoms with Crippen LogP contribution in [0, 0.1) is 5.92 Å². The summed E-state index contributed by atoms with van der Waals surface area (Å²) in [7, 11) is 1.63. The van der Waals surface area contributed by atoms with Gasteiger partial charge in [-0.2, -0.15) is 0 Å². The number of ether oxygens (including phenoxy) is 1. The van der Waals surface area contributed by atoms with Crippen molar-refractivity contribution < 1.29 is 19.1 Å². The van der Waals surface area contributed by atoms with Crippen LogP contribution in [0.1, 0.15) is 38.3 Å². The third kappa shape index (κ3) is 4.90. The van der Waals surface area contributed by atoms with Crippen molar-refractivity contribution in [3.8, 4) is 0 Å². The summed E-state index contributed by atoms with van der Waals surface area (Å²) in [5, 5.41) is 3.49. The molecule has 1 N–H and O–H groups in total. The molecule has 2 aliphatic heterocycles. The van der Waals surface area contributed by atoms with E-state index >= 15 is 0 Å². The maximum atomic E-state index is 13.2. The number of halogens is 2. The lowest BCUT2D eigenvalue weighted by atomic mass is 9.94. The molecule has 1 aromatic rings. The van der Waals surface area contributed by atoms with Gasteiger partial charge in [0.1, 0.15) is 0 Å². The molecular weight excluding hydrogens is 479 g/mol. The first-order valence-corrected chi connectivity index (χ1v) is 12.4. The number of amides is 3. The van der Waals surface area contributed by atoms with Crippen molar-refractivity contribution in [2.24, 2.45) is 5.92 Å². The molecule has 10 heteroatoms. The highest BCUT2D eigenvalue weighted by molar-refractivity contribution is 6.42. The predicted molar refractivity (Wildman–Crippen MR) is 129 cm³/mol. The summed E-state index contributed by atoms with van der Waals surface area (Å²) in [5.41, 5.74) is 1.42. The normalized spacial score (nSPS) is 23.7. The third-order valence-electron chi connectivity index (χ3n) is 6.66. The van der Waals surface area contributed by atoms with E-state index in [1.54, 1.807) is 32.2 Å². The molecule has 4 rings (SSSR count). The fourth-order valence-corrected chi connectivity index (χ4v) is 5.07. The van der Waals surface area contributed by atoms with Gasteiger partial charge in [0.05, 0.1) is 28.3 Å². The van der Waals surface area contributed by atoms with E-state index in [0.717, 1.165) is 12.8 Å². The van der Waals surface area contributed by atoms with Crippen molar-refractivity contribution in [1.82, 2.24) is 20.0 Å². The van der Waals surface area contributed by atoms with E-state index in [1.165, 1.54) is 4.90 Å². The summed E-state index contributed by atoms with van der Waals surface area (Å²) in [6, 6.07) is 4.04. The summed E-state index contributed by atoms with van der Waals surface area (Å²) >= 11 is 12.7. The van der Waals surface area contributed by atoms with Crippen LogP contribution in [0.3, 0.4) is 0 Å². The van der Waals surface area contributed by atoms with Gasteiger partial charge in [0, 0.05) is 50.9 Å². The van der Waals surface area contributed by atoms with Gasteiger partial charge in [0.25, 0.3) is 0 Å². The quantitative estimate of drug-likeness (QED) is 0.595.